The van der Waals surface area contributed by atoms with Gasteiger partial charge in [-0.1, -0.05) is 72.8 Å². The molecule has 0 N–H and O–H groups in total. The highest BCUT2D eigenvalue weighted by Gasteiger charge is 2.44. The second-order valence-electron chi connectivity index (χ2n) is 8.76. The quantitative estimate of drug-likeness (QED) is 0.174. The summed E-state index contributed by atoms with van der Waals surface area (Å²) in [6.07, 6.45) is 0. The van der Waals surface area contributed by atoms with Gasteiger partial charge in [-0.15, -0.1) is 0 Å². The average molecular weight is 639 g/mol. The Kier molecular flexibility index (Phi) is 11.6. The third-order valence-electron chi connectivity index (χ3n) is 7.17. The second kappa shape index (κ2) is 14.1. The number of hydrogen-bond acceptors (Lipinski definition) is 10. The summed E-state index contributed by atoms with van der Waals surface area (Å²) >= 11 is 0. The molecule has 14 heteroatoms. The number of rotatable bonds is 15. The fourth-order valence-electron chi connectivity index (χ4n) is 4.88. The van der Waals surface area contributed by atoms with E-state index in [0.717, 1.165) is 15.6 Å². The summed E-state index contributed by atoms with van der Waals surface area (Å²) in [5.41, 5.74) is 0. The zero-order chi connectivity index (χ0) is 30.3. The summed E-state index contributed by atoms with van der Waals surface area (Å²) in [6.45, 7) is 0. The minimum atomic E-state index is -3.39. The van der Waals surface area contributed by atoms with Crippen LogP contribution in [0.5, 0.6) is 0 Å². The molecule has 0 fully saturated rings. The normalized spacial score (nSPS) is 13.0. The first-order chi connectivity index (χ1) is 19.7. The third-order valence-corrected chi connectivity index (χ3v) is 18.2. The van der Waals surface area contributed by atoms with Crippen LogP contribution in [0.3, 0.4) is 0 Å². The van der Waals surface area contributed by atoms with Crippen molar-refractivity contribution in [2.24, 2.45) is 0 Å². The van der Waals surface area contributed by atoms with Crippen molar-refractivity contribution < 1.29 is 44.4 Å². The van der Waals surface area contributed by atoms with Crippen LogP contribution in [0, 0.1) is 0 Å². The lowest BCUT2D eigenvalue weighted by atomic mass is 10.3. The molecule has 0 saturated carbocycles. The summed E-state index contributed by atoms with van der Waals surface area (Å²) < 4.78 is 66.0. The van der Waals surface area contributed by atoms with E-state index in [0.29, 0.717) is 15.9 Å². The lowest BCUT2D eigenvalue weighted by Crippen LogP contribution is -2.55. The molecule has 0 unspecified atom stereocenters. The van der Waals surface area contributed by atoms with Crippen LogP contribution in [0.1, 0.15) is 0 Å². The van der Waals surface area contributed by atoms with Crippen LogP contribution in [0.2, 0.25) is 0 Å². The molecule has 0 aromatic heterocycles. The third kappa shape index (κ3) is 6.01. The van der Waals surface area contributed by atoms with Crippen LogP contribution in [-0.2, 0) is 44.4 Å². The first-order valence-corrected chi connectivity index (χ1v) is 19.5. The molecule has 3 aromatic rings. The Bertz CT molecular complexity index is 1110. The summed E-state index contributed by atoms with van der Waals surface area (Å²) in [5.74, 6) is 0. The first kappa shape index (κ1) is 33.7. The van der Waals surface area contributed by atoms with Crippen molar-refractivity contribution in [1.82, 2.24) is 0 Å². The predicted octanol–water partition coefficient (Wildman–Crippen LogP) is 0.581. The lowest BCUT2D eigenvalue weighted by molar-refractivity contribution is 0.140. The molecule has 0 heterocycles. The zero-order valence-corrected chi connectivity index (χ0v) is 28.9. The molecule has 0 aliphatic carbocycles. The molecule has 3 rings (SSSR count). The van der Waals surface area contributed by atoms with Crippen LogP contribution in [0.15, 0.2) is 72.8 Å². The fourth-order valence-corrected chi connectivity index (χ4v) is 12.8. The van der Waals surface area contributed by atoms with Crippen molar-refractivity contribution >= 4 is 65.0 Å². The molecule has 0 aliphatic rings. The molecule has 0 saturated heterocycles. The van der Waals surface area contributed by atoms with E-state index in [1.165, 1.54) is 0 Å². The lowest BCUT2D eigenvalue weighted by Gasteiger charge is -2.27. The highest BCUT2D eigenvalue weighted by Crippen LogP contribution is 2.42. The van der Waals surface area contributed by atoms with Crippen LogP contribution < -0.4 is 31.5 Å². The van der Waals surface area contributed by atoms with E-state index < -0.39 is 33.6 Å². The Labute approximate surface area is 245 Å². The Hall–Kier alpha value is -1.82. The summed E-state index contributed by atoms with van der Waals surface area (Å²) in [5, 5.41) is 4.11. The smallest absolute Gasteiger partial charge is 0.373 e. The highest BCUT2D eigenvalue weighted by atomic mass is 31.2. The minimum absolute atomic E-state index is 0.621. The zero-order valence-electron chi connectivity index (χ0n) is 25.0. The van der Waals surface area contributed by atoms with E-state index in [4.69, 9.17) is 39.8 Å². The van der Waals surface area contributed by atoms with Crippen molar-refractivity contribution in [2.45, 2.75) is 0 Å². The molecular weight excluding hydrogens is 600 g/mol. The highest BCUT2D eigenvalue weighted by molar-refractivity contribution is 7.85. The molecule has 0 aliphatic heterocycles. The van der Waals surface area contributed by atoms with E-state index in [-0.39, 0.29) is 0 Å². The van der Waals surface area contributed by atoms with Crippen molar-refractivity contribution in [1.29, 1.82) is 0 Å². The molecule has 0 spiro atoms. The molecule has 0 atom stereocenters. The van der Waals surface area contributed by atoms with Gasteiger partial charge in [-0.05, 0) is 0 Å². The van der Waals surface area contributed by atoms with Gasteiger partial charge in [0.05, 0.1) is 0 Å². The first-order valence-electron chi connectivity index (χ1n) is 12.6. The van der Waals surface area contributed by atoms with E-state index >= 15 is 4.57 Å². The van der Waals surface area contributed by atoms with Crippen molar-refractivity contribution in [3.63, 3.8) is 0 Å². The van der Waals surface area contributed by atoms with Gasteiger partial charge in [0.25, 0.3) is 0 Å². The maximum absolute atomic E-state index is 15.3. The summed E-state index contributed by atoms with van der Waals surface area (Å²) in [6, 6.07) is 22.0. The van der Waals surface area contributed by atoms with E-state index in [2.05, 4.69) is 0 Å². The fraction of sp³-hybridized carbons (Fsp3) is 0.333. The Morgan fingerprint density at radius 1 is 0.366 bits per heavy atom. The van der Waals surface area contributed by atoms with Gasteiger partial charge in [-0.3, -0.25) is 0 Å². The van der Waals surface area contributed by atoms with Gasteiger partial charge in [-0.2, -0.15) is 0 Å². The van der Waals surface area contributed by atoms with Gasteiger partial charge in [0, 0.05) is 95.5 Å². The predicted molar refractivity (Wildman–Crippen MR) is 165 cm³/mol. The molecule has 224 valence electrons. The van der Waals surface area contributed by atoms with Gasteiger partial charge < -0.3 is 44.4 Å². The van der Waals surface area contributed by atoms with Gasteiger partial charge in [0.1, 0.15) is 0 Å². The van der Waals surface area contributed by atoms with Crippen molar-refractivity contribution in [3.8, 4) is 0 Å². The number of hydrogen-bond donors (Lipinski definition) is 0. The Morgan fingerprint density at radius 2 is 0.537 bits per heavy atom. The van der Waals surface area contributed by atoms with Gasteiger partial charge >= 0.3 is 26.4 Å². The topological polar surface area (TPSA) is 100 Å². The largest absolute Gasteiger partial charge is 0.536 e. The standard InChI is InChI=1S/C27H39O10PSi3/c1-29-39(30-2,31-3)25-16-10-22(11-17-25)38(28,23-12-18-26(19-13-23)40(32-4,33-5)34-6)24-14-20-27(21-15-24)41(35-7,36-8)37-9/h10-21H,1-9H3. The van der Waals surface area contributed by atoms with Crippen LogP contribution in [-0.4, -0.2) is 90.4 Å². The maximum Gasteiger partial charge on any atom is 0.536 e. The van der Waals surface area contributed by atoms with Gasteiger partial charge in [-0.25, -0.2) is 0 Å². The molecule has 0 amide bonds. The van der Waals surface area contributed by atoms with Crippen LogP contribution >= 0.6 is 7.14 Å². The van der Waals surface area contributed by atoms with Crippen LogP contribution in [0.4, 0.5) is 0 Å². The molecule has 0 radical (unpaired) electrons. The van der Waals surface area contributed by atoms with Crippen molar-refractivity contribution in [2.75, 3.05) is 64.0 Å². The molecule has 0 bridgehead atoms. The van der Waals surface area contributed by atoms with Crippen LogP contribution in [0.25, 0.3) is 0 Å². The Balaban J connectivity index is 2.21. The SMILES string of the molecule is CO[Si](OC)(OC)c1ccc(P(=O)(c2ccc([Si](OC)(OC)OC)cc2)c2ccc([Si](OC)(OC)OC)cc2)cc1. The van der Waals surface area contributed by atoms with E-state index in [1.807, 2.05) is 72.8 Å². The monoisotopic (exact) mass is 638 g/mol. The van der Waals surface area contributed by atoms with E-state index in [1.54, 1.807) is 64.0 Å². The average Bonchev–Trinajstić information content (AvgIpc) is 3.05. The minimum Gasteiger partial charge on any atom is -0.373 e. The summed E-state index contributed by atoms with van der Waals surface area (Å²) in [4.78, 5) is 0. The van der Waals surface area contributed by atoms with Crippen molar-refractivity contribution in [3.05, 3.63) is 72.8 Å². The van der Waals surface area contributed by atoms with Gasteiger partial charge in [0.2, 0.25) is 0 Å². The van der Waals surface area contributed by atoms with E-state index in [9.17, 15) is 0 Å². The Morgan fingerprint density at radius 3 is 0.683 bits per heavy atom. The molecule has 41 heavy (non-hydrogen) atoms. The molecular formula is C27H39O10PSi3. The second-order valence-corrected chi connectivity index (χ2v) is 20.3. The maximum atomic E-state index is 15.3. The summed E-state index contributed by atoms with van der Waals surface area (Å²) in [7, 11) is 1.31. The van der Waals surface area contributed by atoms with Gasteiger partial charge in [0.15, 0.2) is 7.14 Å². The molecule has 3 aromatic carbocycles. The number of benzene rings is 3. The molecule has 10 nitrogen and oxygen atoms in total.